The van der Waals surface area contributed by atoms with Gasteiger partial charge in [-0.1, -0.05) is 36.4 Å². The Hall–Kier alpha value is -1.82. The van der Waals surface area contributed by atoms with Crippen LogP contribution in [0.1, 0.15) is 37.8 Å². The van der Waals surface area contributed by atoms with Crippen LogP contribution in [0.25, 0.3) is 0 Å². The zero-order valence-electron chi connectivity index (χ0n) is 14.8. The van der Waals surface area contributed by atoms with Crippen LogP contribution in [0.15, 0.2) is 41.8 Å². The van der Waals surface area contributed by atoms with E-state index in [0.29, 0.717) is 5.92 Å². The van der Waals surface area contributed by atoms with Crippen LogP contribution in [-0.2, 0) is 9.84 Å². The molecular formula is C19H26N2O3S. The lowest BCUT2D eigenvalue weighted by Crippen LogP contribution is -2.43. The van der Waals surface area contributed by atoms with E-state index < -0.39 is 9.84 Å². The minimum absolute atomic E-state index is 0.0953. The molecule has 1 saturated carbocycles. The van der Waals surface area contributed by atoms with Gasteiger partial charge in [0.25, 0.3) is 0 Å². The quantitative estimate of drug-likeness (QED) is 0.875. The van der Waals surface area contributed by atoms with Crippen LogP contribution in [0.3, 0.4) is 0 Å². The summed E-state index contributed by atoms with van der Waals surface area (Å²) >= 11 is 0. The molecule has 3 atom stereocenters. The normalized spacial score (nSPS) is 25.3. The zero-order valence-corrected chi connectivity index (χ0v) is 15.6. The van der Waals surface area contributed by atoms with Crippen molar-refractivity contribution in [1.82, 2.24) is 10.2 Å². The van der Waals surface area contributed by atoms with Crippen molar-refractivity contribution in [3.63, 3.8) is 0 Å². The van der Waals surface area contributed by atoms with Gasteiger partial charge in [0.15, 0.2) is 9.84 Å². The molecular weight excluding hydrogens is 336 g/mol. The van der Waals surface area contributed by atoms with Crippen molar-refractivity contribution in [3.05, 3.63) is 47.4 Å². The Morgan fingerprint density at radius 1 is 1.24 bits per heavy atom. The number of nitrogens with zero attached hydrogens (tertiary/aromatic N) is 1. The summed E-state index contributed by atoms with van der Waals surface area (Å²) < 4.78 is 22.5. The molecule has 3 rings (SSSR count). The lowest BCUT2D eigenvalue weighted by atomic mass is 9.96. The van der Waals surface area contributed by atoms with Crippen molar-refractivity contribution in [2.75, 3.05) is 12.8 Å². The summed E-state index contributed by atoms with van der Waals surface area (Å²) in [6.07, 6.45) is 6.21. The van der Waals surface area contributed by atoms with E-state index in [1.807, 2.05) is 23.1 Å². The average Bonchev–Trinajstić information content (AvgIpc) is 3.31. The maximum Gasteiger partial charge on any atom is 0.318 e. The molecule has 0 spiro atoms. The van der Waals surface area contributed by atoms with E-state index in [-0.39, 0.29) is 18.1 Å². The lowest BCUT2D eigenvalue weighted by Gasteiger charge is -2.26. The highest BCUT2D eigenvalue weighted by Crippen LogP contribution is 2.47. The van der Waals surface area contributed by atoms with Crippen molar-refractivity contribution in [2.45, 2.75) is 38.3 Å². The van der Waals surface area contributed by atoms with E-state index in [1.54, 1.807) is 6.92 Å². The van der Waals surface area contributed by atoms with E-state index in [4.69, 9.17) is 0 Å². The van der Waals surface area contributed by atoms with E-state index in [1.165, 1.54) is 24.5 Å². The fourth-order valence-electron chi connectivity index (χ4n) is 3.58. The number of amides is 2. The fourth-order valence-corrected chi connectivity index (χ4v) is 4.10. The van der Waals surface area contributed by atoms with E-state index in [9.17, 15) is 13.2 Å². The van der Waals surface area contributed by atoms with Gasteiger partial charge < -0.3 is 10.2 Å². The summed E-state index contributed by atoms with van der Waals surface area (Å²) in [5.41, 5.74) is 1.17. The van der Waals surface area contributed by atoms with Gasteiger partial charge in [-0.2, -0.15) is 0 Å². The highest BCUT2D eigenvalue weighted by atomic mass is 32.2. The molecule has 2 amide bonds. The highest BCUT2D eigenvalue weighted by molar-refractivity contribution is 7.93. The number of benzene rings is 1. The Morgan fingerprint density at radius 2 is 1.92 bits per heavy atom. The van der Waals surface area contributed by atoms with Gasteiger partial charge in [-0.15, -0.1) is 0 Å². The van der Waals surface area contributed by atoms with Gasteiger partial charge in [0.2, 0.25) is 0 Å². The summed E-state index contributed by atoms with van der Waals surface area (Å²) in [6, 6.07) is 9.79. The minimum Gasteiger partial charge on any atom is -0.332 e. The number of urea groups is 1. The molecule has 1 aliphatic heterocycles. The second-order valence-electron chi connectivity index (χ2n) is 7.31. The van der Waals surface area contributed by atoms with Crippen LogP contribution in [0.4, 0.5) is 4.79 Å². The molecule has 0 bridgehead atoms. The molecule has 136 valence electrons. The van der Waals surface area contributed by atoms with E-state index in [0.717, 1.165) is 30.5 Å². The first-order valence-electron chi connectivity index (χ1n) is 8.84. The van der Waals surface area contributed by atoms with Crippen molar-refractivity contribution in [3.8, 4) is 0 Å². The molecule has 0 unspecified atom stereocenters. The first kappa shape index (κ1) is 18.0. The average molecular weight is 362 g/mol. The van der Waals surface area contributed by atoms with Gasteiger partial charge in [0, 0.05) is 24.3 Å². The zero-order chi connectivity index (χ0) is 18.0. The van der Waals surface area contributed by atoms with Gasteiger partial charge in [0.05, 0.1) is 6.04 Å². The predicted octanol–water partition coefficient (Wildman–Crippen LogP) is 3.12. The SMILES string of the molecule is C[C@@H](/C=C/S(C)(=O)=O)NC(=O)N1C[C@H](C2CC2)C[C@H]1c1ccccc1. The van der Waals surface area contributed by atoms with Crippen molar-refractivity contribution in [2.24, 2.45) is 11.8 Å². The Bertz CT molecular complexity index is 741. The number of carbonyl (C=O) groups excluding carboxylic acids is 1. The largest absolute Gasteiger partial charge is 0.332 e. The third-order valence-electron chi connectivity index (χ3n) is 5.03. The fraction of sp³-hybridized carbons (Fsp3) is 0.526. The van der Waals surface area contributed by atoms with Crippen molar-refractivity contribution in [1.29, 1.82) is 0 Å². The molecule has 25 heavy (non-hydrogen) atoms. The molecule has 2 aliphatic rings. The second kappa shape index (κ2) is 7.20. The summed E-state index contributed by atoms with van der Waals surface area (Å²) in [5, 5.41) is 4.05. The van der Waals surface area contributed by atoms with Gasteiger partial charge in [-0.3, -0.25) is 0 Å². The minimum atomic E-state index is -3.18. The van der Waals surface area contributed by atoms with Gasteiger partial charge >= 0.3 is 6.03 Å². The number of sulfone groups is 1. The van der Waals surface area contributed by atoms with Crippen LogP contribution in [0, 0.1) is 11.8 Å². The Kier molecular flexibility index (Phi) is 5.18. The van der Waals surface area contributed by atoms with Crippen LogP contribution < -0.4 is 5.32 Å². The van der Waals surface area contributed by atoms with Crippen LogP contribution in [0.5, 0.6) is 0 Å². The van der Waals surface area contributed by atoms with E-state index >= 15 is 0 Å². The maximum absolute atomic E-state index is 12.8. The molecule has 0 aromatic heterocycles. The number of carbonyl (C=O) groups is 1. The van der Waals surface area contributed by atoms with Gasteiger partial charge in [0.1, 0.15) is 0 Å². The van der Waals surface area contributed by atoms with Gasteiger partial charge in [-0.05, 0) is 43.6 Å². The Morgan fingerprint density at radius 3 is 2.52 bits per heavy atom. The smallest absolute Gasteiger partial charge is 0.318 e. The summed E-state index contributed by atoms with van der Waals surface area (Å²) in [7, 11) is -3.18. The first-order valence-corrected chi connectivity index (χ1v) is 10.8. The second-order valence-corrected chi connectivity index (χ2v) is 9.24. The van der Waals surface area contributed by atoms with Crippen LogP contribution >= 0.6 is 0 Å². The van der Waals surface area contributed by atoms with Crippen molar-refractivity contribution < 1.29 is 13.2 Å². The number of likely N-dealkylation sites (tertiary alicyclic amines) is 1. The topological polar surface area (TPSA) is 66.5 Å². The molecule has 1 heterocycles. The Labute approximate surface area is 150 Å². The third kappa shape index (κ3) is 4.84. The summed E-state index contributed by atoms with van der Waals surface area (Å²) in [6.45, 7) is 2.56. The third-order valence-corrected chi connectivity index (χ3v) is 5.68. The molecule has 6 heteroatoms. The molecule has 0 radical (unpaired) electrons. The molecule has 2 fully saturated rings. The summed E-state index contributed by atoms with van der Waals surface area (Å²) in [5.74, 6) is 1.32. The molecule has 5 nitrogen and oxygen atoms in total. The lowest BCUT2D eigenvalue weighted by molar-refractivity contribution is 0.190. The molecule has 1 saturated heterocycles. The maximum atomic E-state index is 12.8. The van der Waals surface area contributed by atoms with E-state index in [2.05, 4.69) is 17.4 Å². The summed E-state index contributed by atoms with van der Waals surface area (Å²) in [4.78, 5) is 14.7. The number of rotatable bonds is 5. The van der Waals surface area contributed by atoms with Crippen molar-refractivity contribution >= 4 is 15.9 Å². The number of hydrogen-bond acceptors (Lipinski definition) is 3. The molecule has 1 aliphatic carbocycles. The predicted molar refractivity (Wildman–Crippen MR) is 98.7 cm³/mol. The van der Waals surface area contributed by atoms with Gasteiger partial charge in [-0.25, -0.2) is 13.2 Å². The van der Waals surface area contributed by atoms with Crippen LogP contribution in [-0.4, -0.2) is 38.2 Å². The van der Waals surface area contributed by atoms with Crippen LogP contribution in [0.2, 0.25) is 0 Å². The molecule has 1 N–H and O–H groups in total. The number of hydrogen-bond donors (Lipinski definition) is 1. The standard InChI is InChI=1S/C19H26N2O3S/c1-14(10-11-25(2,23)24)20-19(22)21-13-17(15-8-9-15)12-18(21)16-6-4-3-5-7-16/h3-7,10-11,14-15,17-18H,8-9,12-13H2,1-2H3,(H,20,22)/b11-10+/t14-,17+,18-/m0/s1. The monoisotopic (exact) mass is 362 g/mol. The Balaban J connectivity index is 1.71. The molecule has 1 aromatic rings. The molecule has 1 aromatic carbocycles. The first-order chi connectivity index (χ1) is 11.8. The highest BCUT2D eigenvalue weighted by Gasteiger charge is 2.43. The number of nitrogens with one attached hydrogen (secondary N) is 1.